The molecule has 2 aliphatic carbocycles. The first-order chi connectivity index (χ1) is 29.6. The third-order valence-corrected chi connectivity index (χ3v) is 13.7. The highest BCUT2D eigenvalue weighted by Crippen LogP contribution is 2.63. The van der Waals surface area contributed by atoms with E-state index in [2.05, 4.69) is 224 Å². The molecule has 0 bridgehead atoms. The molecule has 2 aliphatic heterocycles. The third-order valence-electron chi connectivity index (χ3n) is 13.7. The molecule has 0 atom stereocenters. The average molecular weight is 763 g/mol. The molecule has 0 amide bonds. The Labute approximate surface area is 351 Å². The predicted molar refractivity (Wildman–Crippen MR) is 252 cm³/mol. The van der Waals surface area contributed by atoms with Crippen molar-refractivity contribution in [2.24, 2.45) is 0 Å². The van der Waals surface area contributed by atoms with Gasteiger partial charge in [0.15, 0.2) is 0 Å². The predicted octanol–water partition coefficient (Wildman–Crippen LogP) is 12.4. The lowest BCUT2D eigenvalue weighted by Crippen LogP contribution is -2.61. The van der Waals surface area contributed by atoms with Crippen LogP contribution < -0.4 is 26.2 Å². The van der Waals surface area contributed by atoms with Crippen LogP contribution in [0.4, 0.5) is 34.1 Å². The highest BCUT2D eigenvalue weighted by Gasteiger charge is 2.52. The Morgan fingerprint density at radius 3 is 1.60 bits per heavy atom. The van der Waals surface area contributed by atoms with Gasteiger partial charge in [-0.1, -0.05) is 152 Å². The average Bonchev–Trinajstić information content (AvgIpc) is 3.76. The van der Waals surface area contributed by atoms with Crippen LogP contribution in [0.25, 0.3) is 33.4 Å². The lowest BCUT2D eigenvalue weighted by Gasteiger charge is -2.44. The quantitative estimate of drug-likeness (QED) is 0.165. The lowest BCUT2D eigenvalue weighted by atomic mass is 9.33. The Kier molecular flexibility index (Phi) is 6.91. The summed E-state index contributed by atoms with van der Waals surface area (Å²) >= 11 is 0. The number of benzene rings is 9. The van der Waals surface area contributed by atoms with E-state index in [0.29, 0.717) is 0 Å². The summed E-state index contributed by atoms with van der Waals surface area (Å²) in [6.45, 7) is 4.47. The second kappa shape index (κ2) is 12.3. The van der Waals surface area contributed by atoms with E-state index in [4.69, 9.17) is 0 Å². The molecular weight excluding hydrogens is 723 g/mol. The molecule has 0 N–H and O–H groups in total. The monoisotopic (exact) mass is 762 g/mol. The fourth-order valence-corrected chi connectivity index (χ4v) is 11.4. The largest absolute Gasteiger partial charge is 0.311 e. The number of hydrogen-bond acceptors (Lipinski definition) is 2. The van der Waals surface area contributed by atoms with Gasteiger partial charge in [0, 0.05) is 34.1 Å². The van der Waals surface area contributed by atoms with Gasteiger partial charge in [-0.3, -0.25) is 0 Å². The molecular formula is C57H39BN2. The first-order valence-electron chi connectivity index (χ1n) is 21.1. The summed E-state index contributed by atoms with van der Waals surface area (Å²) in [6.07, 6.45) is 0. The van der Waals surface area contributed by atoms with Crippen molar-refractivity contribution in [3.63, 3.8) is 0 Å². The van der Waals surface area contributed by atoms with Crippen LogP contribution in [0.2, 0.25) is 0 Å². The molecule has 0 radical (unpaired) electrons. The van der Waals surface area contributed by atoms with Crippen LogP contribution in [0, 0.1) is 13.8 Å². The summed E-state index contributed by atoms with van der Waals surface area (Å²) in [5, 5.41) is 0. The Morgan fingerprint density at radius 2 is 0.900 bits per heavy atom. The van der Waals surface area contributed by atoms with Crippen molar-refractivity contribution in [3.8, 4) is 33.4 Å². The first kappa shape index (κ1) is 33.6. The van der Waals surface area contributed by atoms with E-state index in [9.17, 15) is 0 Å². The second-order valence-electron chi connectivity index (χ2n) is 17.0. The lowest BCUT2D eigenvalue weighted by molar-refractivity contribution is 0.794. The molecule has 2 heterocycles. The maximum absolute atomic E-state index is 2.56. The maximum Gasteiger partial charge on any atom is 0.252 e. The van der Waals surface area contributed by atoms with Crippen molar-refractivity contribution >= 4 is 57.2 Å². The topological polar surface area (TPSA) is 6.48 Å². The van der Waals surface area contributed by atoms with Crippen molar-refractivity contribution in [1.29, 1.82) is 0 Å². The van der Waals surface area contributed by atoms with Gasteiger partial charge >= 0.3 is 0 Å². The maximum atomic E-state index is 2.56. The van der Waals surface area contributed by atoms with E-state index in [-0.39, 0.29) is 12.1 Å². The van der Waals surface area contributed by atoms with Crippen LogP contribution in [-0.2, 0) is 5.41 Å². The van der Waals surface area contributed by atoms with Gasteiger partial charge in [-0.15, -0.1) is 0 Å². The zero-order valence-electron chi connectivity index (χ0n) is 33.5. The van der Waals surface area contributed by atoms with Gasteiger partial charge in [0.25, 0.3) is 6.71 Å². The molecule has 0 unspecified atom stereocenters. The van der Waals surface area contributed by atoms with Crippen LogP contribution >= 0.6 is 0 Å². The van der Waals surface area contributed by atoms with E-state index < -0.39 is 0 Å². The second-order valence-corrected chi connectivity index (χ2v) is 17.0. The minimum absolute atomic E-state index is 0.0637. The van der Waals surface area contributed by atoms with Crippen LogP contribution in [0.1, 0.15) is 33.4 Å². The smallest absolute Gasteiger partial charge is 0.252 e. The SMILES string of the molecule is Cc1cccc(N2c3cc(C)ccc3B3c4ccccc4N(c4ccc5c(c4)-c4ccccc4C54c5ccccc5-c5ccccc54)c4cc(-c5ccccc5)cc2c43)c1. The molecule has 9 aromatic carbocycles. The number of para-hydroxylation sites is 1. The molecule has 4 aliphatic rings. The molecule has 13 rings (SSSR count). The fourth-order valence-electron chi connectivity index (χ4n) is 11.4. The summed E-state index contributed by atoms with van der Waals surface area (Å²) in [6, 6.07) is 75.6. The summed E-state index contributed by atoms with van der Waals surface area (Å²) in [7, 11) is 0. The molecule has 2 nitrogen and oxygen atoms in total. The van der Waals surface area contributed by atoms with E-state index in [0.717, 1.165) is 5.69 Å². The van der Waals surface area contributed by atoms with E-state index >= 15 is 0 Å². The van der Waals surface area contributed by atoms with Gasteiger partial charge in [0.05, 0.1) is 5.41 Å². The fraction of sp³-hybridized carbons (Fsp3) is 0.0526. The van der Waals surface area contributed by atoms with Gasteiger partial charge in [0.1, 0.15) is 0 Å². The van der Waals surface area contributed by atoms with Crippen molar-refractivity contribution in [3.05, 3.63) is 234 Å². The Morgan fingerprint density at radius 1 is 0.350 bits per heavy atom. The minimum Gasteiger partial charge on any atom is -0.311 e. The van der Waals surface area contributed by atoms with Crippen molar-refractivity contribution in [2.75, 3.05) is 9.80 Å². The van der Waals surface area contributed by atoms with E-state index in [1.54, 1.807) is 0 Å². The molecule has 9 aromatic rings. The number of nitrogens with zero attached hydrogens (tertiary/aromatic N) is 2. The van der Waals surface area contributed by atoms with Crippen LogP contribution in [0.5, 0.6) is 0 Å². The summed E-state index contributed by atoms with van der Waals surface area (Å²) in [5.41, 5.74) is 26.5. The van der Waals surface area contributed by atoms with Gasteiger partial charge in [-0.05, 0) is 146 Å². The van der Waals surface area contributed by atoms with Crippen LogP contribution in [0.15, 0.2) is 200 Å². The third kappa shape index (κ3) is 4.39. The van der Waals surface area contributed by atoms with Crippen molar-refractivity contribution in [1.82, 2.24) is 0 Å². The van der Waals surface area contributed by atoms with Crippen LogP contribution in [0.3, 0.4) is 0 Å². The standard InChI is InChI=1S/C57H39BN2/c1-36-15-14-18-40(31-36)60-53-32-37(2)27-30-51(53)58-50-25-12-13-26-52(50)59(54-33-39(34-55(60)56(54)58)38-16-4-3-5-17-38)41-28-29-49-45(35-41)44-21-8-11-24-48(44)57(49)46-22-9-6-19-42(46)43-20-7-10-23-47(43)57/h3-35H,1-2H3. The number of rotatable bonds is 3. The molecule has 280 valence electrons. The number of anilines is 6. The van der Waals surface area contributed by atoms with Gasteiger partial charge in [0.2, 0.25) is 0 Å². The summed E-state index contributed by atoms with van der Waals surface area (Å²) in [5.74, 6) is 0. The van der Waals surface area contributed by atoms with Gasteiger partial charge < -0.3 is 9.80 Å². The highest BCUT2D eigenvalue weighted by atomic mass is 15.2. The van der Waals surface area contributed by atoms with Crippen LogP contribution in [-0.4, -0.2) is 6.71 Å². The number of aryl methyl sites for hydroxylation is 2. The molecule has 60 heavy (non-hydrogen) atoms. The zero-order valence-corrected chi connectivity index (χ0v) is 33.5. The molecule has 1 spiro atoms. The van der Waals surface area contributed by atoms with E-state index in [1.165, 1.54) is 112 Å². The van der Waals surface area contributed by atoms with Crippen molar-refractivity contribution in [2.45, 2.75) is 19.3 Å². The summed E-state index contributed by atoms with van der Waals surface area (Å²) in [4.78, 5) is 5.09. The molecule has 0 saturated heterocycles. The Balaban J connectivity index is 1.11. The molecule has 3 heteroatoms. The number of fused-ring (bicyclic) bond motifs is 14. The van der Waals surface area contributed by atoms with Gasteiger partial charge in [-0.2, -0.15) is 0 Å². The highest BCUT2D eigenvalue weighted by molar-refractivity contribution is 7.00. The zero-order chi connectivity index (χ0) is 39.7. The Bertz CT molecular complexity index is 3230. The van der Waals surface area contributed by atoms with E-state index in [1.807, 2.05) is 0 Å². The summed E-state index contributed by atoms with van der Waals surface area (Å²) < 4.78 is 0. The van der Waals surface area contributed by atoms with Gasteiger partial charge in [-0.25, -0.2) is 0 Å². The first-order valence-corrected chi connectivity index (χ1v) is 21.1. The number of hydrogen-bond donors (Lipinski definition) is 0. The molecule has 0 fully saturated rings. The molecule has 0 saturated carbocycles. The minimum atomic E-state index is -0.384. The normalized spacial score (nSPS) is 14.2. The Hall–Kier alpha value is -7.36. The van der Waals surface area contributed by atoms with Crippen molar-refractivity contribution < 1.29 is 0 Å². The molecule has 0 aromatic heterocycles.